The van der Waals surface area contributed by atoms with Crippen molar-refractivity contribution in [3.63, 3.8) is 0 Å². The van der Waals surface area contributed by atoms with Gasteiger partial charge in [0.05, 0.1) is 12.4 Å². The molecule has 4 heteroatoms. The summed E-state index contributed by atoms with van der Waals surface area (Å²) >= 11 is 0. The van der Waals surface area contributed by atoms with Crippen molar-refractivity contribution in [2.45, 2.75) is 0 Å². The van der Waals surface area contributed by atoms with Gasteiger partial charge in [-0.3, -0.25) is 0 Å². The third-order valence-electron chi connectivity index (χ3n) is 1.72. The summed E-state index contributed by atoms with van der Waals surface area (Å²) in [6.45, 7) is 0. The fourth-order valence-corrected chi connectivity index (χ4v) is 1.06. The molecule has 0 radical (unpaired) electrons. The van der Waals surface area contributed by atoms with Gasteiger partial charge in [-0.25, -0.2) is 18.7 Å². The summed E-state index contributed by atoms with van der Waals surface area (Å²) in [4.78, 5) is 7.54. The summed E-state index contributed by atoms with van der Waals surface area (Å²) < 4.78 is 25.0. The van der Waals surface area contributed by atoms with E-state index in [-0.39, 0.29) is 5.82 Å². The van der Waals surface area contributed by atoms with Crippen LogP contribution in [0.1, 0.15) is 0 Å². The molecule has 1 heterocycles. The van der Waals surface area contributed by atoms with Crippen LogP contribution in [0, 0.1) is 11.6 Å². The fourth-order valence-electron chi connectivity index (χ4n) is 1.06. The smallest absolute Gasteiger partial charge is 0.159 e. The van der Waals surface area contributed by atoms with E-state index >= 15 is 0 Å². The van der Waals surface area contributed by atoms with Crippen LogP contribution in [-0.2, 0) is 0 Å². The normalized spacial score (nSPS) is 10.1. The van der Waals surface area contributed by atoms with Crippen LogP contribution in [0.2, 0.25) is 0 Å². The Kier molecular flexibility index (Phi) is 2.18. The molecule has 0 aliphatic rings. The van der Waals surface area contributed by atoms with E-state index in [0.717, 1.165) is 12.4 Å². The van der Waals surface area contributed by atoms with Gasteiger partial charge in [-0.05, 0) is 24.3 Å². The molecule has 1 aromatic carbocycles. The summed E-state index contributed by atoms with van der Waals surface area (Å²) in [6, 6.07) is 5.70. The Labute approximate surface area is 79.3 Å². The van der Waals surface area contributed by atoms with E-state index in [4.69, 9.17) is 0 Å². The second kappa shape index (κ2) is 3.49. The minimum absolute atomic E-state index is 0.323. The van der Waals surface area contributed by atoms with Gasteiger partial charge in [-0.15, -0.1) is 0 Å². The lowest BCUT2D eigenvalue weighted by molar-refractivity contribution is 0.614. The summed E-state index contributed by atoms with van der Waals surface area (Å²) in [7, 11) is 0. The SMILES string of the molecule is Fc1ccc(-c2ncc(F)cn2)cc1. The third kappa shape index (κ3) is 1.74. The quantitative estimate of drug-likeness (QED) is 0.693. The van der Waals surface area contributed by atoms with Crippen LogP contribution in [0.25, 0.3) is 11.4 Å². The Morgan fingerprint density at radius 1 is 0.786 bits per heavy atom. The van der Waals surface area contributed by atoms with E-state index in [9.17, 15) is 8.78 Å². The first kappa shape index (κ1) is 8.74. The average molecular weight is 192 g/mol. The molecule has 0 aliphatic carbocycles. The molecule has 0 unspecified atom stereocenters. The molecule has 0 amide bonds. The Hall–Kier alpha value is -1.84. The predicted octanol–water partition coefficient (Wildman–Crippen LogP) is 2.42. The van der Waals surface area contributed by atoms with E-state index in [1.807, 2.05) is 0 Å². The van der Waals surface area contributed by atoms with E-state index in [1.54, 1.807) is 12.1 Å². The van der Waals surface area contributed by atoms with E-state index < -0.39 is 5.82 Å². The van der Waals surface area contributed by atoms with Crippen molar-refractivity contribution in [1.29, 1.82) is 0 Å². The maximum atomic E-state index is 12.6. The number of aromatic nitrogens is 2. The first-order valence-electron chi connectivity index (χ1n) is 3.99. The molecule has 0 N–H and O–H groups in total. The number of hydrogen-bond acceptors (Lipinski definition) is 2. The van der Waals surface area contributed by atoms with Crippen molar-refractivity contribution in [2.24, 2.45) is 0 Å². The maximum Gasteiger partial charge on any atom is 0.159 e. The Morgan fingerprint density at radius 3 is 1.93 bits per heavy atom. The van der Waals surface area contributed by atoms with Crippen LogP contribution >= 0.6 is 0 Å². The molecule has 0 fully saturated rings. The number of halogens is 2. The van der Waals surface area contributed by atoms with Crippen molar-refractivity contribution in [3.8, 4) is 11.4 Å². The topological polar surface area (TPSA) is 25.8 Å². The van der Waals surface area contributed by atoms with Gasteiger partial charge in [0.15, 0.2) is 11.6 Å². The largest absolute Gasteiger partial charge is 0.233 e. The number of hydrogen-bond donors (Lipinski definition) is 0. The van der Waals surface area contributed by atoms with Gasteiger partial charge in [0.25, 0.3) is 0 Å². The fraction of sp³-hybridized carbons (Fsp3) is 0. The van der Waals surface area contributed by atoms with Crippen LogP contribution in [0.3, 0.4) is 0 Å². The molecule has 0 spiro atoms. The van der Waals surface area contributed by atoms with Gasteiger partial charge in [0, 0.05) is 5.56 Å². The Bertz CT molecular complexity index is 379. The van der Waals surface area contributed by atoms with Crippen LogP contribution in [0.5, 0.6) is 0 Å². The van der Waals surface area contributed by atoms with Crippen molar-refractivity contribution in [1.82, 2.24) is 9.97 Å². The minimum Gasteiger partial charge on any atom is -0.233 e. The first-order valence-corrected chi connectivity index (χ1v) is 3.99. The monoisotopic (exact) mass is 192 g/mol. The summed E-state index contributed by atoms with van der Waals surface area (Å²) in [5, 5.41) is 0. The van der Waals surface area contributed by atoms with Crippen LogP contribution in [-0.4, -0.2) is 9.97 Å². The van der Waals surface area contributed by atoms with Crippen LogP contribution in [0.15, 0.2) is 36.7 Å². The third-order valence-corrected chi connectivity index (χ3v) is 1.72. The summed E-state index contributed by atoms with van der Waals surface area (Å²) in [6.07, 6.45) is 2.15. The van der Waals surface area contributed by atoms with Gasteiger partial charge in [-0.1, -0.05) is 0 Å². The zero-order chi connectivity index (χ0) is 9.97. The zero-order valence-electron chi connectivity index (χ0n) is 7.11. The molecule has 14 heavy (non-hydrogen) atoms. The minimum atomic E-state index is -0.490. The standard InChI is InChI=1S/C10H6F2N2/c11-8-3-1-7(2-4-8)10-13-5-9(12)6-14-10/h1-6H. The molecule has 0 aliphatic heterocycles. The zero-order valence-corrected chi connectivity index (χ0v) is 7.11. The van der Waals surface area contributed by atoms with Gasteiger partial charge >= 0.3 is 0 Å². The number of benzene rings is 1. The summed E-state index contributed by atoms with van der Waals surface area (Å²) in [5.74, 6) is -0.432. The molecule has 1 aromatic heterocycles. The molecule has 0 saturated carbocycles. The van der Waals surface area contributed by atoms with E-state index in [0.29, 0.717) is 11.4 Å². The lowest BCUT2D eigenvalue weighted by Gasteiger charge is -1.98. The Balaban J connectivity index is 2.40. The maximum absolute atomic E-state index is 12.6. The van der Waals surface area contributed by atoms with E-state index in [1.165, 1.54) is 12.1 Å². The van der Waals surface area contributed by atoms with Crippen molar-refractivity contribution >= 4 is 0 Å². The highest BCUT2D eigenvalue weighted by Crippen LogP contribution is 2.14. The highest BCUT2D eigenvalue weighted by Gasteiger charge is 2.00. The molecule has 2 nitrogen and oxygen atoms in total. The molecule has 2 rings (SSSR count). The molecule has 70 valence electrons. The van der Waals surface area contributed by atoms with Gasteiger partial charge < -0.3 is 0 Å². The van der Waals surface area contributed by atoms with Crippen molar-refractivity contribution in [3.05, 3.63) is 48.3 Å². The predicted molar refractivity (Wildman–Crippen MR) is 47.4 cm³/mol. The lowest BCUT2D eigenvalue weighted by atomic mass is 10.2. The van der Waals surface area contributed by atoms with Crippen molar-refractivity contribution in [2.75, 3.05) is 0 Å². The molecule has 0 bridgehead atoms. The Morgan fingerprint density at radius 2 is 1.36 bits per heavy atom. The summed E-state index contributed by atoms with van der Waals surface area (Å²) in [5.41, 5.74) is 0.659. The molecular formula is C10H6F2N2. The van der Waals surface area contributed by atoms with E-state index in [2.05, 4.69) is 9.97 Å². The lowest BCUT2D eigenvalue weighted by Crippen LogP contribution is -1.89. The van der Waals surface area contributed by atoms with Crippen LogP contribution in [0.4, 0.5) is 8.78 Å². The van der Waals surface area contributed by atoms with Crippen LogP contribution < -0.4 is 0 Å². The van der Waals surface area contributed by atoms with Gasteiger partial charge in [-0.2, -0.15) is 0 Å². The second-order valence-electron chi connectivity index (χ2n) is 2.73. The number of nitrogens with zero attached hydrogens (tertiary/aromatic N) is 2. The van der Waals surface area contributed by atoms with Crippen molar-refractivity contribution < 1.29 is 8.78 Å². The first-order chi connectivity index (χ1) is 6.75. The highest BCUT2D eigenvalue weighted by molar-refractivity contribution is 5.53. The van der Waals surface area contributed by atoms with Gasteiger partial charge in [0.2, 0.25) is 0 Å². The highest BCUT2D eigenvalue weighted by atomic mass is 19.1. The second-order valence-corrected chi connectivity index (χ2v) is 2.73. The van der Waals surface area contributed by atoms with Gasteiger partial charge in [0.1, 0.15) is 5.82 Å². The molecular weight excluding hydrogens is 186 g/mol. The molecule has 0 atom stereocenters. The average Bonchev–Trinajstić information content (AvgIpc) is 2.21. The molecule has 2 aromatic rings. The number of rotatable bonds is 1. The molecule has 0 saturated heterocycles.